The van der Waals surface area contributed by atoms with Crippen molar-refractivity contribution in [3.8, 4) is 5.69 Å². The van der Waals surface area contributed by atoms with Crippen molar-refractivity contribution in [3.63, 3.8) is 0 Å². The highest BCUT2D eigenvalue weighted by Crippen LogP contribution is 2.27. The van der Waals surface area contributed by atoms with Crippen LogP contribution in [0.1, 0.15) is 35.7 Å². The first kappa shape index (κ1) is 19.5. The molecule has 7 heteroatoms. The molecule has 0 unspecified atom stereocenters. The first-order valence-corrected chi connectivity index (χ1v) is 10.2. The summed E-state index contributed by atoms with van der Waals surface area (Å²) in [7, 11) is 0. The second-order valence-corrected chi connectivity index (χ2v) is 7.95. The van der Waals surface area contributed by atoms with E-state index < -0.39 is 0 Å². The van der Waals surface area contributed by atoms with Crippen molar-refractivity contribution >= 4 is 17.5 Å². The zero-order chi connectivity index (χ0) is 20.4. The molecule has 6 nitrogen and oxygen atoms in total. The van der Waals surface area contributed by atoms with Crippen LogP contribution in [0.5, 0.6) is 0 Å². The molecular formula is C22H23ClN4O2. The standard InChI is InChI=1S/C22H23ClN4O2/c1-15-2-8-19(9-3-15)27-21(24-25-22(27)29)17-10-12-26(13-11-17)20(28)14-16-4-6-18(23)7-5-16/h2-9,17H,10-14H2,1H3,(H,25,29). The predicted molar refractivity (Wildman–Crippen MR) is 113 cm³/mol. The third kappa shape index (κ3) is 4.27. The molecule has 1 aliphatic rings. The zero-order valence-corrected chi connectivity index (χ0v) is 17.0. The summed E-state index contributed by atoms with van der Waals surface area (Å²) in [6.45, 7) is 3.33. The Morgan fingerprint density at radius 1 is 1.10 bits per heavy atom. The quantitative estimate of drug-likeness (QED) is 0.715. The van der Waals surface area contributed by atoms with Crippen LogP contribution < -0.4 is 5.69 Å². The van der Waals surface area contributed by atoms with Gasteiger partial charge in [-0.1, -0.05) is 41.4 Å². The monoisotopic (exact) mass is 410 g/mol. The lowest BCUT2D eigenvalue weighted by Gasteiger charge is -2.31. The molecule has 0 aliphatic carbocycles. The predicted octanol–water partition coefficient (Wildman–Crippen LogP) is 3.47. The number of piperidine rings is 1. The first-order chi connectivity index (χ1) is 14.0. The Kier molecular flexibility index (Phi) is 5.53. The highest BCUT2D eigenvalue weighted by Gasteiger charge is 2.28. The van der Waals surface area contributed by atoms with Crippen molar-refractivity contribution < 1.29 is 4.79 Å². The Bertz CT molecular complexity index is 1050. The summed E-state index contributed by atoms with van der Waals surface area (Å²) >= 11 is 5.91. The molecule has 1 aromatic heterocycles. The molecule has 3 aromatic rings. The fourth-order valence-electron chi connectivity index (χ4n) is 3.80. The Balaban J connectivity index is 1.44. The molecule has 29 heavy (non-hydrogen) atoms. The van der Waals surface area contributed by atoms with Gasteiger partial charge in [-0.25, -0.2) is 14.5 Å². The van der Waals surface area contributed by atoms with E-state index in [4.69, 9.17) is 11.6 Å². The van der Waals surface area contributed by atoms with Crippen LogP contribution in [0.2, 0.25) is 5.02 Å². The fraction of sp³-hybridized carbons (Fsp3) is 0.318. The number of aryl methyl sites for hydroxylation is 1. The van der Waals surface area contributed by atoms with Gasteiger partial charge in [-0.15, -0.1) is 0 Å². The molecule has 1 amide bonds. The topological polar surface area (TPSA) is 71.0 Å². The highest BCUT2D eigenvalue weighted by molar-refractivity contribution is 6.30. The van der Waals surface area contributed by atoms with Gasteiger partial charge in [-0.3, -0.25) is 4.79 Å². The lowest BCUT2D eigenvalue weighted by Crippen LogP contribution is -2.39. The average Bonchev–Trinajstić information content (AvgIpc) is 3.12. The van der Waals surface area contributed by atoms with Crippen molar-refractivity contribution in [2.75, 3.05) is 13.1 Å². The van der Waals surface area contributed by atoms with E-state index in [2.05, 4.69) is 10.2 Å². The van der Waals surface area contributed by atoms with Crippen LogP contribution in [-0.2, 0) is 11.2 Å². The van der Waals surface area contributed by atoms with Crippen molar-refractivity contribution in [2.24, 2.45) is 0 Å². The molecule has 0 bridgehead atoms. The van der Waals surface area contributed by atoms with Crippen molar-refractivity contribution in [3.05, 3.63) is 81.0 Å². The smallest absolute Gasteiger partial charge is 0.342 e. The van der Waals surface area contributed by atoms with Crippen molar-refractivity contribution in [1.82, 2.24) is 19.7 Å². The average molecular weight is 411 g/mol. The van der Waals surface area contributed by atoms with E-state index in [0.717, 1.165) is 35.5 Å². The van der Waals surface area contributed by atoms with Gasteiger partial charge in [0, 0.05) is 24.0 Å². The van der Waals surface area contributed by atoms with Crippen LogP contribution in [0, 0.1) is 6.92 Å². The third-order valence-electron chi connectivity index (χ3n) is 5.47. The third-order valence-corrected chi connectivity index (χ3v) is 5.72. The van der Waals surface area contributed by atoms with Gasteiger partial charge < -0.3 is 4.90 Å². The summed E-state index contributed by atoms with van der Waals surface area (Å²) in [5.41, 5.74) is 2.68. The van der Waals surface area contributed by atoms with E-state index in [1.165, 1.54) is 0 Å². The van der Waals surface area contributed by atoms with Gasteiger partial charge in [0.2, 0.25) is 5.91 Å². The molecule has 2 heterocycles. The van der Waals surface area contributed by atoms with Gasteiger partial charge >= 0.3 is 5.69 Å². The molecule has 0 spiro atoms. The normalized spacial score (nSPS) is 14.9. The summed E-state index contributed by atoms with van der Waals surface area (Å²) < 4.78 is 1.65. The molecule has 1 saturated heterocycles. The van der Waals surface area contributed by atoms with Crippen LogP contribution in [0.3, 0.4) is 0 Å². The SMILES string of the molecule is Cc1ccc(-n2c(C3CCN(C(=O)Cc4ccc(Cl)cc4)CC3)n[nH]c2=O)cc1. The minimum absolute atomic E-state index is 0.115. The Morgan fingerprint density at radius 2 is 1.76 bits per heavy atom. The first-order valence-electron chi connectivity index (χ1n) is 9.78. The number of carbonyl (C=O) groups is 1. The van der Waals surface area contributed by atoms with E-state index in [9.17, 15) is 9.59 Å². The molecule has 1 aliphatic heterocycles. The number of halogens is 1. The molecule has 4 rings (SSSR count). The Hall–Kier alpha value is -2.86. The van der Waals surface area contributed by atoms with Crippen LogP contribution in [0.25, 0.3) is 5.69 Å². The lowest BCUT2D eigenvalue weighted by molar-refractivity contribution is -0.131. The van der Waals surface area contributed by atoms with Crippen LogP contribution >= 0.6 is 11.6 Å². The van der Waals surface area contributed by atoms with Gasteiger partial charge in [0.1, 0.15) is 5.82 Å². The fourth-order valence-corrected chi connectivity index (χ4v) is 3.93. The summed E-state index contributed by atoms with van der Waals surface area (Å²) in [6.07, 6.45) is 1.93. The van der Waals surface area contributed by atoms with Gasteiger partial charge in [0.05, 0.1) is 12.1 Å². The van der Waals surface area contributed by atoms with Crippen molar-refractivity contribution in [1.29, 1.82) is 0 Å². The second-order valence-electron chi connectivity index (χ2n) is 7.52. The number of carbonyl (C=O) groups excluding carboxylic acids is 1. The van der Waals surface area contributed by atoms with E-state index in [-0.39, 0.29) is 17.5 Å². The Labute approximate surface area is 174 Å². The molecule has 2 aromatic carbocycles. The van der Waals surface area contributed by atoms with Gasteiger partial charge in [0.15, 0.2) is 0 Å². The molecule has 1 fully saturated rings. The zero-order valence-electron chi connectivity index (χ0n) is 16.3. The maximum atomic E-state index is 12.6. The van der Waals surface area contributed by atoms with Gasteiger partial charge in [-0.2, -0.15) is 5.10 Å². The summed E-state index contributed by atoms with van der Waals surface area (Å²) in [5, 5.41) is 7.55. The van der Waals surface area contributed by atoms with E-state index >= 15 is 0 Å². The number of hydrogen-bond acceptors (Lipinski definition) is 3. The minimum Gasteiger partial charge on any atom is -0.342 e. The van der Waals surface area contributed by atoms with E-state index in [1.54, 1.807) is 16.7 Å². The summed E-state index contributed by atoms with van der Waals surface area (Å²) in [5.74, 6) is 0.988. The largest absolute Gasteiger partial charge is 0.347 e. The number of rotatable bonds is 4. The number of likely N-dealkylation sites (tertiary alicyclic amines) is 1. The number of hydrogen-bond donors (Lipinski definition) is 1. The Morgan fingerprint density at radius 3 is 2.41 bits per heavy atom. The number of benzene rings is 2. The number of nitrogens with zero attached hydrogens (tertiary/aromatic N) is 3. The van der Waals surface area contributed by atoms with Crippen LogP contribution in [-0.4, -0.2) is 38.7 Å². The maximum Gasteiger partial charge on any atom is 0.347 e. The maximum absolute atomic E-state index is 12.6. The molecule has 150 valence electrons. The minimum atomic E-state index is -0.231. The van der Waals surface area contributed by atoms with Crippen molar-refractivity contribution in [2.45, 2.75) is 32.1 Å². The summed E-state index contributed by atoms with van der Waals surface area (Å²) in [4.78, 5) is 26.9. The number of amides is 1. The molecular weight excluding hydrogens is 388 g/mol. The number of H-pyrrole nitrogens is 1. The second kappa shape index (κ2) is 8.25. The van der Waals surface area contributed by atoms with Crippen LogP contribution in [0.4, 0.5) is 0 Å². The number of aromatic nitrogens is 3. The van der Waals surface area contributed by atoms with Crippen LogP contribution in [0.15, 0.2) is 53.3 Å². The molecule has 0 saturated carbocycles. The van der Waals surface area contributed by atoms with Gasteiger partial charge in [-0.05, 0) is 49.6 Å². The summed E-state index contributed by atoms with van der Waals surface area (Å²) in [6, 6.07) is 15.2. The number of aromatic amines is 1. The lowest BCUT2D eigenvalue weighted by atomic mass is 9.95. The van der Waals surface area contributed by atoms with Gasteiger partial charge in [0.25, 0.3) is 0 Å². The van der Waals surface area contributed by atoms with E-state index in [1.807, 2.05) is 48.2 Å². The van der Waals surface area contributed by atoms with E-state index in [0.29, 0.717) is 24.5 Å². The highest BCUT2D eigenvalue weighted by atomic mass is 35.5. The number of nitrogens with one attached hydrogen (secondary N) is 1. The molecule has 0 atom stereocenters. The molecule has 0 radical (unpaired) electrons. The molecule has 1 N–H and O–H groups in total.